The first-order valence-corrected chi connectivity index (χ1v) is 5.00. The van der Waals surface area contributed by atoms with Gasteiger partial charge in [0.2, 0.25) is 0 Å². The standard InChI is InChI=1S/C14H10O/c15-14-12-7-3-1-5-10(12)9-11-6-2-4-8-13(11)14/h1-7,15H,9H2. The normalized spacial score (nSPS) is 14.5. The van der Waals surface area contributed by atoms with Crippen molar-refractivity contribution < 1.29 is 5.11 Å². The molecule has 1 N–H and O–H groups in total. The highest BCUT2D eigenvalue weighted by Crippen LogP contribution is 2.33. The minimum atomic E-state index is 0.354. The smallest absolute Gasteiger partial charge is 0.153 e. The number of benzene rings is 2. The van der Waals surface area contributed by atoms with Crippen LogP contribution in [0, 0.1) is 12.2 Å². The molecule has 1 heteroatoms. The Morgan fingerprint density at radius 2 is 1.80 bits per heavy atom. The molecule has 0 bridgehead atoms. The van der Waals surface area contributed by atoms with E-state index in [9.17, 15) is 5.11 Å². The molecule has 0 unspecified atom stereocenters. The van der Waals surface area contributed by atoms with E-state index in [2.05, 4.69) is 12.1 Å². The van der Waals surface area contributed by atoms with E-state index in [1.165, 1.54) is 5.56 Å². The molecule has 0 aliphatic heterocycles. The van der Waals surface area contributed by atoms with Gasteiger partial charge >= 0.3 is 0 Å². The van der Waals surface area contributed by atoms with Crippen molar-refractivity contribution in [3.8, 4) is 0 Å². The number of fused-ring (bicyclic) bond motifs is 2. The second-order valence-corrected chi connectivity index (χ2v) is 3.75. The third-order valence-corrected chi connectivity index (χ3v) is 2.83. The van der Waals surface area contributed by atoms with Crippen LogP contribution in [0.3, 0.4) is 0 Å². The van der Waals surface area contributed by atoms with Crippen molar-refractivity contribution >= 4 is 0 Å². The second kappa shape index (κ2) is 3.21. The summed E-state index contributed by atoms with van der Waals surface area (Å²) in [6, 6.07) is 16.9. The Balaban J connectivity index is 2.20. The predicted molar refractivity (Wildman–Crippen MR) is 57.9 cm³/mol. The Kier molecular flexibility index (Phi) is 1.86. The summed E-state index contributed by atoms with van der Waals surface area (Å²) in [5.74, 6) is 0. The van der Waals surface area contributed by atoms with Gasteiger partial charge in [0.25, 0.3) is 0 Å². The van der Waals surface area contributed by atoms with Crippen molar-refractivity contribution in [1.29, 1.82) is 0 Å². The number of rotatable bonds is 0. The third kappa shape index (κ3) is 1.28. The summed E-state index contributed by atoms with van der Waals surface area (Å²) < 4.78 is 0. The molecule has 72 valence electrons. The molecule has 2 aromatic rings. The average Bonchev–Trinajstić information content (AvgIpc) is 2.30. The van der Waals surface area contributed by atoms with Crippen molar-refractivity contribution in [2.45, 2.75) is 6.42 Å². The van der Waals surface area contributed by atoms with Crippen molar-refractivity contribution in [3.05, 3.63) is 76.9 Å². The predicted octanol–water partition coefficient (Wildman–Crippen LogP) is 2.69. The van der Waals surface area contributed by atoms with Crippen LogP contribution in [0.1, 0.15) is 22.3 Å². The van der Waals surface area contributed by atoms with E-state index in [0.29, 0.717) is 6.10 Å². The van der Waals surface area contributed by atoms with Gasteiger partial charge in [-0.2, -0.15) is 0 Å². The molecule has 15 heavy (non-hydrogen) atoms. The molecule has 0 aromatic heterocycles. The molecular formula is C14H10O. The zero-order valence-corrected chi connectivity index (χ0v) is 8.20. The second-order valence-electron chi connectivity index (χ2n) is 3.75. The Labute approximate surface area is 89.0 Å². The van der Waals surface area contributed by atoms with E-state index >= 15 is 0 Å². The van der Waals surface area contributed by atoms with Gasteiger partial charge in [-0.1, -0.05) is 42.5 Å². The molecule has 3 rings (SSSR count). The molecule has 0 atom stereocenters. The SMILES string of the molecule is O[C]1c2[c]cccc2Cc2ccccc21. The summed E-state index contributed by atoms with van der Waals surface area (Å²) in [5.41, 5.74) is 4.11. The van der Waals surface area contributed by atoms with Crippen LogP contribution in [0.2, 0.25) is 0 Å². The maximum absolute atomic E-state index is 10.1. The monoisotopic (exact) mass is 194 g/mol. The van der Waals surface area contributed by atoms with Crippen LogP contribution >= 0.6 is 0 Å². The van der Waals surface area contributed by atoms with Gasteiger partial charge in [0.1, 0.15) is 0 Å². The van der Waals surface area contributed by atoms with E-state index in [1.54, 1.807) is 0 Å². The molecule has 0 fully saturated rings. The number of hydrogen-bond donors (Lipinski definition) is 1. The summed E-state index contributed by atoms with van der Waals surface area (Å²) in [6.45, 7) is 0. The summed E-state index contributed by atoms with van der Waals surface area (Å²) in [5, 5.41) is 10.1. The number of aliphatic hydroxyl groups is 1. The van der Waals surface area contributed by atoms with E-state index in [0.717, 1.165) is 23.1 Å². The number of hydrogen-bond acceptors (Lipinski definition) is 1. The van der Waals surface area contributed by atoms with Crippen molar-refractivity contribution in [2.24, 2.45) is 0 Å². The fourth-order valence-electron chi connectivity index (χ4n) is 2.08. The zero-order chi connectivity index (χ0) is 10.3. The van der Waals surface area contributed by atoms with Crippen molar-refractivity contribution in [2.75, 3.05) is 0 Å². The molecule has 1 aliphatic rings. The summed E-state index contributed by atoms with van der Waals surface area (Å²) in [7, 11) is 0. The lowest BCUT2D eigenvalue weighted by molar-refractivity contribution is 0.351. The zero-order valence-electron chi connectivity index (χ0n) is 8.20. The minimum absolute atomic E-state index is 0.354. The lowest BCUT2D eigenvalue weighted by Gasteiger charge is -2.23. The Hall–Kier alpha value is -1.60. The first kappa shape index (κ1) is 8.69. The van der Waals surface area contributed by atoms with Crippen molar-refractivity contribution in [3.63, 3.8) is 0 Å². The molecule has 0 heterocycles. The molecule has 0 saturated carbocycles. The molecule has 2 aromatic carbocycles. The van der Waals surface area contributed by atoms with Crippen LogP contribution in [0.4, 0.5) is 0 Å². The summed E-state index contributed by atoms with van der Waals surface area (Å²) in [6.07, 6.45) is 1.24. The maximum atomic E-state index is 10.1. The summed E-state index contributed by atoms with van der Waals surface area (Å²) in [4.78, 5) is 0. The highest BCUT2D eigenvalue weighted by atomic mass is 16.3. The van der Waals surface area contributed by atoms with Crippen LogP contribution < -0.4 is 0 Å². The number of aliphatic hydroxyl groups excluding tert-OH is 1. The van der Waals surface area contributed by atoms with Gasteiger partial charge in [-0.05, 0) is 29.2 Å². The van der Waals surface area contributed by atoms with Crippen LogP contribution in [0.5, 0.6) is 0 Å². The fraction of sp³-hybridized carbons (Fsp3) is 0.0714. The van der Waals surface area contributed by atoms with Gasteiger partial charge in [-0.15, -0.1) is 0 Å². The van der Waals surface area contributed by atoms with Gasteiger partial charge in [-0.3, -0.25) is 0 Å². The Morgan fingerprint density at radius 3 is 2.73 bits per heavy atom. The van der Waals surface area contributed by atoms with E-state index in [4.69, 9.17) is 0 Å². The van der Waals surface area contributed by atoms with Crippen LogP contribution in [0.25, 0.3) is 0 Å². The lowest BCUT2D eigenvalue weighted by Crippen LogP contribution is -2.13. The first-order chi connectivity index (χ1) is 7.36. The molecule has 0 saturated heterocycles. The van der Waals surface area contributed by atoms with E-state index < -0.39 is 0 Å². The highest BCUT2D eigenvalue weighted by molar-refractivity contribution is 5.54. The Morgan fingerprint density at radius 1 is 1.00 bits per heavy atom. The van der Waals surface area contributed by atoms with Gasteiger partial charge in [0, 0.05) is 5.56 Å². The Bertz CT molecular complexity index is 457. The minimum Gasteiger partial charge on any atom is -0.377 e. The first-order valence-electron chi connectivity index (χ1n) is 5.00. The molecule has 0 amide bonds. The van der Waals surface area contributed by atoms with Crippen LogP contribution in [-0.2, 0) is 6.42 Å². The average molecular weight is 194 g/mol. The summed E-state index contributed by atoms with van der Waals surface area (Å²) >= 11 is 0. The van der Waals surface area contributed by atoms with Gasteiger partial charge in [0.05, 0.1) is 0 Å². The fourth-order valence-corrected chi connectivity index (χ4v) is 2.08. The van der Waals surface area contributed by atoms with Crippen LogP contribution in [-0.4, -0.2) is 5.11 Å². The van der Waals surface area contributed by atoms with Crippen LogP contribution in [0.15, 0.2) is 42.5 Å². The molecule has 0 spiro atoms. The lowest BCUT2D eigenvalue weighted by atomic mass is 9.84. The third-order valence-electron chi connectivity index (χ3n) is 2.83. The molecule has 1 aliphatic carbocycles. The van der Waals surface area contributed by atoms with Gasteiger partial charge in [-0.25, -0.2) is 0 Å². The highest BCUT2D eigenvalue weighted by Gasteiger charge is 2.23. The van der Waals surface area contributed by atoms with E-state index in [1.807, 2.05) is 36.4 Å². The van der Waals surface area contributed by atoms with Gasteiger partial charge in [0.15, 0.2) is 6.10 Å². The van der Waals surface area contributed by atoms with E-state index in [-0.39, 0.29) is 0 Å². The molecular weight excluding hydrogens is 184 g/mol. The maximum Gasteiger partial charge on any atom is 0.153 e. The largest absolute Gasteiger partial charge is 0.377 e. The molecule has 2 radical (unpaired) electrons. The van der Waals surface area contributed by atoms with Crippen molar-refractivity contribution in [1.82, 2.24) is 0 Å². The van der Waals surface area contributed by atoms with Gasteiger partial charge < -0.3 is 5.11 Å². The topological polar surface area (TPSA) is 20.2 Å². The quantitative estimate of drug-likeness (QED) is 0.683. The molecule has 1 nitrogen and oxygen atoms in total.